The van der Waals surface area contributed by atoms with Crippen molar-refractivity contribution < 1.29 is 17.9 Å². The lowest BCUT2D eigenvalue weighted by molar-refractivity contribution is -0.140. The van der Waals surface area contributed by atoms with Gasteiger partial charge in [-0.05, 0) is 12.8 Å². The Balaban J connectivity index is 2.38. The second kappa shape index (κ2) is 6.49. The van der Waals surface area contributed by atoms with Crippen molar-refractivity contribution in [3.8, 4) is 0 Å². The summed E-state index contributed by atoms with van der Waals surface area (Å²) in [6.07, 6.45) is 4.79. The number of rotatable bonds is 6. The van der Waals surface area contributed by atoms with Crippen molar-refractivity contribution in [2.75, 3.05) is 19.4 Å². The Bertz CT molecular complexity index is 375. The number of hydrogen-bond donors (Lipinski definition) is 2. The minimum Gasteiger partial charge on any atom is -0.469 e. The van der Waals surface area contributed by atoms with Crippen LogP contribution in [0.25, 0.3) is 0 Å². The molecule has 0 aromatic rings. The first-order valence-electron chi connectivity index (χ1n) is 6.20. The molecule has 3 N–H and O–H groups in total. The number of ether oxygens (including phenoxy) is 1. The summed E-state index contributed by atoms with van der Waals surface area (Å²) in [5, 5.41) is 0. The number of nitrogens with one attached hydrogen (secondary N) is 1. The predicted molar refractivity (Wildman–Crippen MR) is 68.4 cm³/mol. The average molecular weight is 278 g/mol. The molecule has 0 amide bonds. The highest BCUT2D eigenvalue weighted by Crippen LogP contribution is 2.25. The van der Waals surface area contributed by atoms with Gasteiger partial charge in [-0.15, -0.1) is 0 Å². The van der Waals surface area contributed by atoms with E-state index >= 15 is 0 Å². The molecule has 7 heteroatoms. The van der Waals surface area contributed by atoms with Gasteiger partial charge in [0.05, 0.1) is 19.3 Å². The highest BCUT2D eigenvalue weighted by molar-refractivity contribution is 7.89. The van der Waals surface area contributed by atoms with Gasteiger partial charge in [0.15, 0.2) is 0 Å². The second-order valence-electron chi connectivity index (χ2n) is 4.89. The summed E-state index contributed by atoms with van der Waals surface area (Å²) in [5.41, 5.74) is 5.70. The molecule has 0 atom stereocenters. The molecule has 1 rings (SSSR count). The van der Waals surface area contributed by atoms with Crippen LogP contribution >= 0.6 is 0 Å². The standard InChI is InChI=1S/C11H22N2O4S/c1-17-10(14)5-8-18(15,16)13-9-11(12)6-3-2-4-7-11/h13H,2-9,12H2,1H3. The third-order valence-electron chi connectivity index (χ3n) is 3.30. The molecule has 0 aliphatic heterocycles. The van der Waals surface area contributed by atoms with E-state index in [1.807, 2.05) is 0 Å². The van der Waals surface area contributed by atoms with Gasteiger partial charge in [-0.25, -0.2) is 13.1 Å². The summed E-state index contributed by atoms with van der Waals surface area (Å²) < 4.78 is 30.2. The summed E-state index contributed by atoms with van der Waals surface area (Å²) >= 11 is 0. The molecule has 1 saturated carbocycles. The molecule has 0 unspecified atom stereocenters. The Kier molecular flexibility index (Phi) is 5.55. The normalized spacial score (nSPS) is 19.4. The van der Waals surface area contributed by atoms with Crippen molar-refractivity contribution in [1.29, 1.82) is 0 Å². The zero-order valence-electron chi connectivity index (χ0n) is 10.8. The van der Waals surface area contributed by atoms with E-state index in [4.69, 9.17) is 5.73 Å². The maximum absolute atomic E-state index is 11.7. The zero-order chi connectivity index (χ0) is 13.6. The Morgan fingerprint density at radius 1 is 1.33 bits per heavy atom. The Labute approximate surface area is 108 Å². The van der Waals surface area contributed by atoms with Gasteiger partial charge in [0, 0.05) is 12.1 Å². The predicted octanol–water partition coefficient (Wildman–Crippen LogP) is 0.131. The maximum Gasteiger partial charge on any atom is 0.306 e. The van der Waals surface area contributed by atoms with Crippen molar-refractivity contribution in [2.24, 2.45) is 5.73 Å². The molecule has 106 valence electrons. The summed E-state index contributed by atoms with van der Waals surface area (Å²) in [7, 11) is -2.22. The SMILES string of the molecule is COC(=O)CCS(=O)(=O)NCC1(N)CCCCC1. The molecule has 0 saturated heterocycles. The summed E-state index contributed by atoms with van der Waals surface area (Å²) in [5.74, 6) is -0.782. The minimum atomic E-state index is -3.46. The molecule has 6 nitrogen and oxygen atoms in total. The van der Waals surface area contributed by atoms with Gasteiger partial charge in [0.25, 0.3) is 0 Å². The molecular weight excluding hydrogens is 256 g/mol. The average Bonchev–Trinajstić information content (AvgIpc) is 2.35. The molecule has 0 radical (unpaired) electrons. The quantitative estimate of drug-likeness (QED) is 0.673. The van der Waals surface area contributed by atoms with E-state index in [0.29, 0.717) is 0 Å². The largest absolute Gasteiger partial charge is 0.469 e. The van der Waals surface area contributed by atoms with E-state index < -0.39 is 21.5 Å². The first kappa shape index (κ1) is 15.4. The van der Waals surface area contributed by atoms with Gasteiger partial charge >= 0.3 is 5.97 Å². The zero-order valence-corrected chi connectivity index (χ0v) is 11.6. The molecule has 0 heterocycles. The van der Waals surface area contributed by atoms with Crippen molar-refractivity contribution >= 4 is 16.0 Å². The second-order valence-corrected chi connectivity index (χ2v) is 6.82. The number of nitrogens with two attached hydrogens (primary N) is 1. The molecule has 1 fully saturated rings. The Hall–Kier alpha value is -0.660. The van der Waals surface area contributed by atoms with Gasteiger partial charge in [-0.3, -0.25) is 4.79 Å². The molecule has 1 aliphatic carbocycles. The topological polar surface area (TPSA) is 98.5 Å². The van der Waals surface area contributed by atoms with E-state index in [-0.39, 0.29) is 18.7 Å². The van der Waals surface area contributed by atoms with Crippen LogP contribution in [0.2, 0.25) is 0 Å². The van der Waals surface area contributed by atoms with Crippen LogP contribution in [0.15, 0.2) is 0 Å². The van der Waals surface area contributed by atoms with Crippen molar-refractivity contribution in [3.63, 3.8) is 0 Å². The van der Waals surface area contributed by atoms with Crippen LogP contribution in [0.4, 0.5) is 0 Å². The Morgan fingerprint density at radius 3 is 2.50 bits per heavy atom. The van der Waals surface area contributed by atoms with Crippen LogP contribution in [0.1, 0.15) is 38.5 Å². The number of hydrogen-bond acceptors (Lipinski definition) is 5. The number of sulfonamides is 1. The van der Waals surface area contributed by atoms with E-state index in [1.165, 1.54) is 7.11 Å². The fraction of sp³-hybridized carbons (Fsp3) is 0.909. The molecule has 18 heavy (non-hydrogen) atoms. The Morgan fingerprint density at radius 2 is 1.94 bits per heavy atom. The van der Waals surface area contributed by atoms with E-state index in [0.717, 1.165) is 32.1 Å². The fourth-order valence-electron chi connectivity index (χ4n) is 2.08. The summed E-state index contributed by atoms with van der Waals surface area (Å²) in [4.78, 5) is 10.9. The van der Waals surface area contributed by atoms with Crippen LogP contribution in [0.3, 0.4) is 0 Å². The fourth-order valence-corrected chi connectivity index (χ4v) is 3.17. The lowest BCUT2D eigenvalue weighted by Crippen LogP contribution is -2.51. The summed E-state index contributed by atoms with van der Waals surface area (Å²) in [6, 6.07) is 0. The maximum atomic E-state index is 11.7. The molecule has 0 bridgehead atoms. The lowest BCUT2D eigenvalue weighted by atomic mass is 9.83. The van der Waals surface area contributed by atoms with E-state index in [9.17, 15) is 13.2 Å². The molecule has 0 aromatic heterocycles. The van der Waals surface area contributed by atoms with E-state index in [1.54, 1.807) is 0 Å². The van der Waals surface area contributed by atoms with E-state index in [2.05, 4.69) is 9.46 Å². The molecule has 1 aliphatic rings. The van der Waals surface area contributed by atoms with Gasteiger partial charge in [0.2, 0.25) is 10.0 Å². The highest BCUT2D eigenvalue weighted by Gasteiger charge is 2.28. The highest BCUT2D eigenvalue weighted by atomic mass is 32.2. The van der Waals surface area contributed by atoms with Crippen molar-refractivity contribution in [1.82, 2.24) is 4.72 Å². The summed E-state index contributed by atoms with van der Waals surface area (Å²) in [6.45, 7) is 0.247. The van der Waals surface area contributed by atoms with Crippen LogP contribution in [0.5, 0.6) is 0 Å². The number of esters is 1. The van der Waals surface area contributed by atoms with Crippen LogP contribution in [0, 0.1) is 0 Å². The van der Waals surface area contributed by atoms with Gasteiger partial charge in [0.1, 0.15) is 0 Å². The number of carbonyl (C=O) groups is 1. The van der Waals surface area contributed by atoms with Crippen LogP contribution in [-0.2, 0) is 19.6 Å². The number of carbonyl (C=O) groups excluding carboxylic acids is 1. The monoisotopic (exact) mass is 278 g/mol. The smallest absolute Gasteiger partial charge is 0.306 e. The van der Waals surface area contributed by atoms with Crippen LogP contribution < -0.4 is 10.5 Å². The minimum absolute atomic E-state index is 0.136. The van der Waals surface area contributed by atoms with Gasteiger partial charge in [-0.1, -0.05) is 19.3 Å². The van der Waals surface area contributed by atoms with Crippen molar-refractivity contribution in [2.45, 2.75) is 44.1 Å². The van der Waals surface area contributed by atoms with Gasteiger partial charge in [-0.2, -0.15) is 0 Å². The molecular formula is C11H22N2O4S. The number of methoxy groups -OCH3 is 1. The molecule has 0 aromatic carbocycles. The first-order valence-corrected chi connectivity index (χ1v) is 7.85. The third-order valence-corrected chi connectivity index (χ3v) is 4.62. The molecule has 0 spiro atoms. The van der Waals surface area contributed by atoms with Gasteiger partial charge < -0.3 is 10.5 Å². The van der Waals surface area contributed by atoms with Crippen molar-refractivity contribution in [3.05, 3.63) is 0 Å². The first-order chi connectivity index (χ1) is 8.37. The third kappa shape index (κ3) is 5.32. The lowest BCUT2D eigenvalue weighted by Gasteiger charge is -2.33. The van der Waals surface area contributed by atoms with Crippen LogP contribution in [-0.4, -0.2) is 39.3 Å².